The van der Waals surface area contributed by atoms with Crippen molar-refractivity contribution in [3.05, 3.63) is 23.8 Å². The van der Waals surface area contributed by atoms with Crippen LogP contribution in [0.1, 0.15) is 17.3 Å². The minimum absolute atomic E-state index is 0.0980. The lowest BCUT2D eigenvalue weighted by atomic mass is 10.2. The van der Waals surface area contributed by atoms with E-state index in [1.54, 1.807) is 0 Å². The summed E-state index contributed by atoms with van der Waals surface area (Å²) in [5, 5.41) is 25.1. The van der Waals surface area contributed by atoms with Crippen LogP contribution < -0.4 is 5.43 Å². The van der Waals surface area contributed by atoms with Gasteiger partial charge in [0.25, 0.3) is 0 Å². The number of nitrogens with one attached hydrogen (secondary N) is 1. The Hall–Kier alpha value is -2.64. The Morgan fingerprint density at radius 1 is 1.39 bits per heavy atom. The molecule has 1 aromatic carbocycles. The summed E-state index contributed by atoms with van der Waals surface area (Å²) in [4.78, 5) is 22.7. The van der Waals surface area contributed by atoms with Crippen LogP contribution in [0, 0.1) is 0 Å². The highest BCUT2D eigenvalue weighted by atomic mass is 16.4. The number of aromatic carboxylic acids is 1. The highest BCUT2D eigenvalue weighted by Gasteiger charge is 2.14. The van der Waals surface area contributed by atoms with Crippen molar-refractivity contribution in [3.63, 3.8) is 0 Å². The van der Waals surface area contributed by atoms with Gasteiger partial charge in [-0.15, -0.1) is 5.10 Å². The van der Waals surface area contributed by atoms with Gasteiger partial charge in [-0.2, -0.15) is 4.79 Å². The number of rotatable bonds is 4. The van der Waals surface area contributed by atoms with Crippen molar-refractivity contribution in [2.75, 3.05) is 5.43 Å². The summed E-state index contributed by atoms with van der Waals surface area (Å²) in [6.07, 6.45) is 0. The summed E-state index contributed by atoms with van der Waals surface area (Å²) in [6, 6.07) is 3.45. The number of benzene rings is 1. The fourth-order valence-electron chi connectivity index (χ4n) is 1.39. The van der Waals surface area contributed by atoms with Crippen LogP contribution in [0.5, 0.6) is 0 Å². The van der Waals surface area contributed by atoms with E-state index in [1.807, 2.05) is 0 Å². The molecule has 0 saturated heterocycles. The molecule has 0 aliphatic carbocycles. The molecule has 18 heavy (non-hydrogen) atoms. The Morgan fingerprint density at radius 3 is 2.72 bits per heavy atom. The molecular formula is C10H10N4O4. The third-order valence-corrected chi connectivity index (χ3v) is 2.38. The molecule has 0 aliphatic rings. The zero-order chi connectivity index (χ0) is 13.3. The van der Waals surface area contributed by atoms with Crippen LogP contribution in [0.2, 0.25) is 0 Å². The molecule has 0 fully saturated rings. The summed E-state index contributed by atoms with van der Waals surface area (Å²) >= 11 is 0. The molecule has 2 rings (SSSR count). The van der Waals surface area contributed by atoms with E-state index in [9.17, 15) is 9.59 Å². The van der Waals surface area contributed by atoms with Gasteiger partial charge in [-0.05, 0) is 30.3 Å². The van der Waals surface area contributed by atoms with Crippen molar-refractivity contribution in [3.8, 4) is 0 Å². The van der Waals surface area contributed by atoms with E-state index in [4.69, 9.17) is 10.2 Å². The second-order valence-electron chi connectivity index (χ2n) is 3.70. The average molecular weight is 250 g/mol. The molecule has 0 aliphatic heterocycles. The lowest BCUT2D eigenvalue weighted by Crippen LogP contribution is -2.32. The molecule has 8 nitrogen and oxygen atoms in total. The summed E-state index contributed by atoms with van der Waals surface area (Å²) in [6.45, 7) is 1.46. The predicted octanol–water partition coefficient (Wildman–Crippen LogP) is 0.146. The summed E-state index contributed by atoms with van der Waals surface area (Å²) in [7, 11) is 0. The number of carbonyl (C=O) groups is 2. The highest BCUT2D eigenvalue weighted by Crippen LogP contribution is 2.12. The molecular weight excluding hydrogens is 240 g/mol. The number of aliphatic carboxylic acids is 1. The molecule has 0 amide bonds. The number of hydrogen-bond acceptors (Lipinski definition) is 5. The quantitative estimate of drug-likeness (QED) is 0.706. The first kappa shape index (κ1) is 11.8. The van der Waals surface area contributed by atoms with Crippen molar-refractivity contribution in [1.29, 1.82) is 0 Å². The van der Waals surface area contributed by atoms with E-state index in [0.717, 1.165) is 0 Å². The number of carboxylic acid groups (broad SMARTS) is 2. The van der Waals surface area contributed by atoms with E-state index in [2.05, 4.69) is 15.7 Å². The number of aromatic nitrogens is 3. The second-order valence-corrected chi connectivity index (χ2v) is 3.70. The molecule has 2 aromatic rings. The van der Waals surface area contributed by atoms with Crippen LogP contribution in [-0.2, 0) is 4.79 Å². The summed E-state index contributed by atoms with van der Waals surface area (Å²) < 4.78 is 0. The average Bonchev–Trinajstić information content (AvgIpc) is 2.71. The normalized spacial score (nSPS) is 12.3. The zero-order valence-electron chi connectivity index (χ0n) is 9.36. The monoisotopic (exact) mass is 250 g/mol. The van der Waals surface area contributed by atoms with Gasteiger partial charge in [0.1, 0.15) is 17.1 Å². The van der Waals surface area contributed by atoms with Gasteiger partial charge >= 0.3 is 11.9 Å². The Labute approximate surface area is 101 Å². The molecule has 0 spiro atoms. The molecule has 0 saturated carbocycles. The maximum absolute atomic E-state index is 10.8. The molecule has 0 bridgehead atoms. The second kappa shape index (κ2) is 4.32. The van der Waals surface area contributed by atoms with Crippen LogP contribution in [0.3, 0.4) is 0 Å². The van der Waals surface area contributed by atoms with Crippen LogP contribution in [0.4, 0.5) is 0 Å². The highest BCUT2D eigenvalue weighted by molar-refractivity contribution is 5.92. The molecule has 1 aromatic heterocycles. The zero-order valence-corrected chi connectivity index (χ0v) is 9.36. The fraction of sp³-hybridized carbons (Fsp3) is 0.200. The van der Waals surface area contributed by atoms with Gasteiger partial charge in [0.2, 0.25) is 0 Å². The molecule has 0 radical (unpaired) electrons. The largest absolute Gasteiger partial charge is 0.480 e. The summed E-state index contributed by atoms with van der Waals surface area (Å²) in [5.41, 5.74) is 3.59. The van der Waals surface area contributed by atoms with Gasteiger partial charge < -0.3 is 10.2 Å². The van der Waals surface area contributed by atoms with Crippen molar-refractivity contribution >= 4 is 23.0 Å². The Balaban J connectivity index is 2.37. The first-order valence-corrected chi connectivity index (χ1v) is 5.07. The number of hydrogen-bond donors (Lipinski definition) is 3. The van der Waals surface area contributed by atoms with Gasteiger partial charge in [-0.1, -0.05) is 0 Å². The van der Waals surface area contributed by atoms with Gasteiger partial charge in [-0.3, -0.25) is 5.43 Å². The molecule has 1 atom stereocenters. The van der Waals surface area contributed by atoms with E-state index in [0.29, 0.717) is 11.0 Å². The smallest absolute Gasteiger partial charge is 0.335 e. The molecule has 8 heteroatoms. The van der Waals surface area contributed by atoms with Crippen molar-refractivity contribution in [2.45, 2.75) is 13.0 Å². The SMILES string of the molecule is C[C@H](Nn1nnc2cc(C(=O)O)ccc21)C(=O)O. The maximum atomic E-state index is 10.8. The third-order valence-electron chi connectivity index (χ3n) is 2.38. The minimum Gasteiger partial charge on any atom is -0.480 e. The van der Waals surface area contributed by atoms with Crippen molar-refractivity contribution in [1.82, 2.24) is 15.1 Å². The third kappa shape index (κ3) is 2.08. The van der Waals surface area contributed by atoms with Crippen molar-refractivity contribution in [2.24, 2.45) is 0 Å². The lowest BCUT2D eigenvalue weighted by Gasteiger charge is -2.10. The van der Waals surface area contributed by atoms with Crippen LogP contribution >= 0.6 is 0 Å². The van der Waals surface area contributed by atoms with Gasteiger partial charge in [-0.25, -0.2) is 9.59 Å². The Morgan fingerprint density at radius 2 is 2.11 bits per heavy atom. The van der Waals surface area contributed by atoms with E-state index >= 15 is 0 Å². The van der Waals surface area contributed by atoms with Crippen LogP contribution in [-0.4, -0.2) is 43.3 Å². The van der Waals surface area contributed by atoms with Gasteiger partial charge in [0.15, 0.2) is 0 Å². The Bertz CT molecular complexity index is 621. The van der Waals surface area contributed by atoms with E-state index in [1.165, 1.54) is 29.9 Å². The fourth-order valence-corrected chi connectivity index (χ4v) is 1.39. The summed E-state index contributed by atoms with van der Waals surface area (Å²) in [5.74, 6) is -2.08. The van der Waals surface area contributed by atoms with Crippen LogP contribution in [0.15, 0.2) is 18.2 Å². The van der Waals surface area contributed by atoms with Crippen LogP contribution in [0.25, 0.3) is 11.0 Å². The minimum atomic E-state index is -1.06. The molecule has 0 unspecified atom stereocenters. The number of fused-ring (bicyclic) bond motifs is 1. The molecule has 1 heterocycles. The predicted molar refractivity (Wildman–Crippen MR) is 60.9 cm³/mol. The topological polar surface area (TPSA) is 117 Å². The van der Waals surface area contributed by atoms with E-state index < -0.39 is 18.0 Å². The first-order valence-electron chi connectivity index (χ1n) is 5.07. The standard InChI is InChI=1S/C10H10N4O4/c1-5(9(15)16)12-14-8-3-2-6(10(17)18)4-7(8)11-13-14/h2-5,12H,1H3,(H,15,16)(H,17,18)/t5-/m0/s1. The number of nitrogens with zero attached hydrogens (tertiary/aromatic N) is 3. The number of carboxylic acids is 2. The molecule has 94 valence electrons. The maximum Gasteiger partial charge on any atom is 0.335 e. The first-order chi connectivity index (χ1) is 8.49. The lowest BCUT2D eigenvalue weighted by molar-refractivity contribution is -0.137. The molecule has 3 N–H and O–H groups in total. The van der Waals surface area contributed by atoms with Gasteiger partial charge in [0.05, 0.1) is 5.56 Å². The Kier molecular flexibility index (Phi) is 2.84. The van der Waals surface area contributed by atoms with E-state index in [-0.39, 0.29) is 5.56 Å². The van der Waals surface area contributed by atoms with Gasteiger partial charge in [0, 0.05) is 0 Å². The van der Waals surface area contributed by atoms with Crippen molar-refractivity contribution < 1.29 is 19.8 Å².